The van der Waals surface area contributed by atoms with E-state index in [1.54, 1.807) is 16.7 Å². The number of pyridine rings is 1. The Morgan fingerprint density at radius 3 is 2.89 bits per heavy atom. The van der Waals surface area contributed by atoms with Crippen LogP contribution in [0.4, 0.5) is 0 Å². The van der Waals surface area contributed by atoms with E-state index in [1.165, 1.54) is 30.1 Å². The van der Waals surface area contributed by atoms with Gasteiger partial charge in [0, 0.05) is 31.5 Å². The third kappa shape index (κ3) is 2.87. The molecule has 6 nitrogen and oxygen atoms in total. The summed E-state index contributed by atoms with van der Waals surface area (Å²) in [7, 11) is 2.17. The molecule has 0 bridgehead atoms. The molecule has 3 aromatic heterocycles. The summed E-state index contributed by atoms with van der Waals surface area (Å²) < 4.78 is 3.97. The zero-order valence-corrected chi connectivity index (χ0v) is 16.7. The maximum Gasteiger partial charge on any atom is 0.258 e. The predicted octanol–water partition coefficient (Wildman–Crippen LogP) is 2.95. The molecular weight excluding hydrogens is 350 g/mol. The maximum absolute atomic E-state index is 12.6. The van der Waals surface area contributed by atoms with Crippen LogP contribution in [0.25, 0.3) is 5.65 Å². The minimum Gasteiger partial charge on any atom is -0.334 e. The van der Waals surface area contributed by atoms with Crippen molar-refractivity contribution in [3.63, 3.8) is 0 Å². The number of hydrogen-bond acceptors (Lipinski definition) is 4. The Hall–Kier alpha value is -2.47. The fourth-order valence-corrected chi connectivity index (χ4v) is 4.91. The van der Waals surface area contributed by atoms with Gasteiger partial charge in [0.05, 0.1) is 17.4 Å². The molecule has 6 heteroatoms. The zero-order valence-electron chi connectivity index (χ0n) is 16.7. The molecule has 0 radical (unpaired) electrons. The van der Waals surface area contributed by atoms with E-state index in [2.05, 4.69) is 16.5 Å². The summed E-state index contributed by atoms with van der Waals surface area (Å²) in [5.41, 5.74) is 5.35. The number of rotatable bonds is 3. The van der Waals surface area contributed by atoms with Crippen molar-refractivity contribution in [3.8, 4) is 0 Å². The molecule has 1 atom stereocenters. The van der Waals surface area contributed by atoms with Crippen molar-refractivity contribution in [1.29, 1.82) is 0 Å². The maximum atomic E-state index is 12.6. The Kier molecular flexibility index (Phi) is 4.31. The van der Waals surface area contributed by atoms with Gasteiger partial charge in [-0.15, -0.1) is 0 Å². The van der Waals surface area contributed by atoms with E-state index in [-0.39, 0.29) is 5.56 Å². The van der Waals surface area contributed by atoms with Gasteiger partial charge in [0.2, 0.25) is 0 Å². The first-order valence-corrected chi connectivity index (χ1v) is 10.4. The summed E-state index contributed by atoms with van der Waals surface area (Å²) in [5.74, 6) is 1.19. The van der Waals surface area contributed by atoms with Gasteiger partial charge in [-0.25, -0.2) is 9.97 Å². The van der Waals surface area contributed by atoms with Crippen molar-refractivity contribution < 1.29 is 0 Å². The summed E-state index contributed by atoms with van der Waals surface area (Å²) in [6.07, 6.45) is 8.85. The molecule has 0 aromatic carbocycles. The van der Waals surface area contributed by atoms with Crippen molar-refractivity contribution in [1.82, 2.24) is 23.8 Å². The Labute approximate surface area is 164 Å². The van der Waals surface area contributed by atoms with Crippen LogP contribution in [0.3, 0.4) is 0 Å². The van der Waals surface area contributed by atoms with Crippen LogP contribution < -0.4 is 5.56 Å². The highest BCUT2D eigenvalue weighted by Crippen LogP contribution is 2.34. The van der Waals surface area contributed by atoms with Crippen molar-refractivity contribution in [2.24, 2.45) is 7.05 Å². The lowest BCUT2D eigenvalue weighted by atomic mass is 10.0. The normalized spacial score (nSPS) is 20.0. The van der Waals surface area contributed by atoms with E-state index in [0.29, 0.717) is 12.6 Å². The van der Waals surface area contributed by atoms with Crippen LogP contribution >= 0.6 is 0 Å². The molecule has 5 rings (SSSR count). The molecule has 3 aromatic rings. The number of imidazole rings is 1. The molecule has 1 aliphatic carbocycles. The lowest BCUT2D eigenvalue weighted by Gasteiger charge is -2.24. The van der Waals surface area contributed by atoms with E-state index < -0.39 is 0 Å². The van der Waals surface area contributed by atoms with Gasteiger partial charge in [0.15, 0.2) is 0 Å². The van der Waals surface area contributed by atoms with E-state index in [1.807, 2.05) is 19.1 Å². The molecule has 146 valence electrons. The number of hydrogen-bond donors (Lipinski definition) is 0. The SMILES string of the molecule is Cc1cccn2c(=O)cc(CN3CCCC3c3nc4c(n3C)CCCC4)nc12. The van der Waals surface area contributed by atoms with Gasteiger partial charge in [0.25, 0.3) is 5.56 Å². The van der Waals surface area contributed by atoms with Crippen LogP contribution in [0.2, 0.25) is 0 Å². The average molecular weight is 377 g/mol. The predicted molar refractivity (Wildman–Crippen MR) is 108 cm³/mol. The number of nitrogens with zero attached hydrogens (tertiary/aromatic N) is 5. The Balaban J connectivity index is 1.47. The third-order valence-electron chi connectivity index (χ3n) is 6.37. The number of fused-ring (bicyclic) bond motifs is 2. The van der Waals surface area contributed by atoms with Crippen LogP contribution in [0.15, 0.2) is 29.2 Å². The van der Waals surface area contributed by atoms with E-state index >= 15 is 0 Å². The largest absolute Gasteiger partial charge is 0.334 e. The minimum atomic E-state index is -0.00750. The number of likely N-dealkylation sites (tertiary alicyclic amines) is 1. The molecule has 0 amide bonds. The van der Waals surface area contributed by atoms with E-state index in [9.17, 15) is 4.79 Å². The second-order valence-corrected chi connectivity index (χ2v) is 8.23. The fraction of sp³-hybridized carbons (Fsp3) is 0.500. The van der Waals surface area contributed by atoms with Crippen molar-refractivity contribution in [2.75, 3.05) is 6.54 Å². The molecule has 1 saturated heterocycles. The van der Waals surface area contributed by atoms with Gasteiger partial charge in [-0.1, -0.05) is 6.07 Å². The molecule has 1 fully saturated rings. The summed E-state index contributed by atoms with van der Waals surface area (Å²) in [4.78, 5) is 24.9. The monoisotopic (exact) mass is 377 g/mol. The molecule has 1 aliphatic heterocycles. The molecule has 1 unspecified atom stereocenters. The molecular formula is C22H27N5O. The van der Waals surface area contributed by atoms with E-state index in [4.69, 9.17) is 9.97 Å². The van der Waals surface area contributed by atoms with Gasteiger partial charge >= 0.3 is 0 Å². The first-order chi connectivity index (χ1) is 13.6. The standard InChI is InChI=1S/C22H27N5O/c1-15-7-5-12-27-20(28)13-16(23-21(15)27)14-26-11-6-10-19(26)22-24-17-8-3-4-9-18(17)25(22)2/h5,7,12-13,19H,3-4,6,8-11,14H2,1-2H3. The van der Waals surface area contributed by atoms with Gasteiger partial charge in [-0.05, 0) is 63.6 Å². The van der Waals surface area contributed by atoms with Gasteiger partial charge < -0.3 is 4.57 Å². The summed E-state index contributed by atoms with van der Waals surface area (Å²) in [6.45, 7) is 3.72. The van der Waals surface area contributed by atoms with Gasteiger partial charge in [-0.3, -0.25) is 14.1 Å². The first-order valence-electron chi connectivity index (χ1n) is 10.4. The van der Waals surface area contributed by atoms with Gasteiger partial charge in [0.1, 0.15) is 11.5 Å². The summed E-state index contributed by atoms with van der Waals surface area (Å²) in [6, 6.07) is 5.89. The van der Waals surface area contributed by atoms with Crippen LogP contribution in [0.1, 0.15) is 60.2 Å². The highest BCUT2D eigenvalue weighted by molar-refractivity contribution is 5.46. The highest BCUT2D eigenvalue weighted by atomic mass is 16.1. The van der Waals surface area contributed by atoms with Gasteiger partial charge in [-0.2, -0.15) is 0 Å². The Morgan fingerprint density at radius 2 is 2.04 bits per heavy atom. The van der Waals surface area contributed by atoms with Crippen molar-refractivity contribution in [3.05, 3.63) is 63.2 Å². The van der Waals surface area contributed by atoms with Crippen LogP contribution in [-0.2, 0) is 26.4 Å². The quantitative estimate of drug-likeness (QED) is 0.704. The van der Waals surface area contributed by atoms with Crippen LogP contribution in [-0.4, -0.2) is 30.4 Å². The minimum absolute atomic E-state index is 0.00750. The average Bonchev–Trinajstić information content (AvgIpc) is 3.27. The lowest BCUT2D eigenvalue weighted by molar-refractivity contribution is 0.233. The molecule has 0 N–H and O–H groups in total. The Bertz CT molecular complexity index is 1100. The zero-order chi connectivity index (χ0) is 19.3. The molecule has 0 spiro atoms. The molecule has 28 heavy (non-hydrogen) atoms. The van der Waals surface area contributed by atoms with Crippen LogP contribution in [0.5, 0.6) is 0 Å². The second-order valence-electron chi connectivity index (χ2n) is 8.23. The molecule has 0 saturated carbocycles. The third-order valence-corrected chi connectivity index (χ3v) is 6.37. The summed E-state index contributed by atoms with van der Waals surface area (Å²) >= 11 is 0. The second kappa shape index (κ2) is 6.85. The van der Waals surface area contributed by atoms with Crippen LogP contribution in [0, 0.1) is 6.92 Å². The number of aromatic nitrogens is 4. The highest BCUT2D eigenvalue weighted by Gasteiger charge is 2.31. The smallest absolute Gasteiger partial charge is 0.258 e. The Morgan fingerprint density at radius 1 is 1.18 bits per heavy atom. The lowest BCUT2D eigenvalue weighted by Crippen LogP contribution is -2.27. The fourth-order valence-electron chi connectivity index (χ4n) is 4.91. The van der Waals surface area contributed by atoms with E-state index in [0.717, 1.165) is 49.1 Å². The van der Waals surface area contributed by atoms with Crippen molar-refractivity contribution in [2.45, 2.75) is 58.0 Å². The first kappa shape index (κ1) is 17.6. The topological polar surface area (TPSA) is 55.4 Å². The van der Waals surface area contributed by atoms with Crippen molar-refractivity contribution >= 4 is 5.65 Å². The molecule has 2 aliphatic rings. The molecule has 4 heterocycles. The summed E-state index contributed by atoms with van der Waals surface area (Å²) in [5, 5.41) is 0. The number of aryl methyl sites for hydroxylation is 2.